The van der Waals surface area contributed by atoms with Crippen LogP contribution < -0.4 is 11.2 Å². The Morgan fingerprint density at radius 1 is 1.15 bits per heavy atom. The molecular weight excluding hydrogens is 439 g/mol. The minimum atomic E-state index is -3.19. The van der Waals surface area contributed by atoms with Gasteiger partial charge in [0.2, 0.25) is 0 Å². The van der Waals surface area contributed by atoms with Gasteiger partial charge in [-0.15, -0.1) is 0 Å². The van der Waals surface area contributed by atoms with Gasteiger partial charge < -0.3 is 9.05 Å². The zero-order valence-corrected chi connectivity index (χ0v) is 17.2. The molecule has 8 nitrogen and oxygen atoms in total. The van der Waals surface area contributed by atoms with Crippen LogP contribution in [0.25, 0.3) is 0 Å². The summed E-state index contributed by atoms with van der Waals surface area (Å²) < 4.78 is 23.4. The number of allylic oxidation sites excluding steroid dienone is 2. The highest BCUT2D eigenvalue weighted by Crippen LogP contribution is 2.46. The average Bonchev–Trinajstić information content (AvgIpc) is 2.69. The fourth-order valence-corrected chi connectivity index (χ4v) is 3.48. The Balaban J connectivity index is 2.34. The van der Waals surface area contributed by atoms with Gasteiger partial charge >= 0.3 is 13.3 Å². The van der Waals surface area contributed by atoms with Gasteiger partial charge in [-0.2, -0.15) is 4.57 Å². The molecule has 1 heterocycles. The number of hydrogen-bond acceptors (Lipinski definition) is 6. The molecule has 0 fully saturated rings. The Hall–Kier alpha value is -2.06. The first-order chi connectivity index (χ1) is 12.8. The third kappa shape index (κ3) is 5.01. The van der Waals surface area contributed by atoms with Gasteiger partial charge in [-0.25, -0.2) is 4.79 Å². The molecule has 0 saturated carbocycles. The molecule has 0 N–H and O–H groups in total. The summed E-state index contributed by atoms with van der Waals surface area (Å²) in [6.45, 7) is 0.0627. The van der Waals surface area contributed by atoms with Crippen LogP contribution in [-0.4, -0.2) is 35.4 Å². The summed E-state index contributed by atoms with van der Waals surface area (Å²) in [5.74, 6) is -0.715. The monoisotopic (exact) mass is 456 g/mol. The van der Waals surface area contributed by atoms with Crippen molar-refractivity contribution in [3.8, 4) is 0 Å². The minimum absolute atomic E-state index is 0.0263. The smallest absolute Gasteiger partial charge is 0.312 e. The second-order valence-corrected chi connectivity index (χ2v) is 8.53. The predicted molar refractivity (Wildman–Crippen MR) is 104 cm³/mol. The number of halogens is 1. The van der Waals surface area contributed by atoms with Crippen molar-refractivity contribution in [2.24, 2.45) is 0 Å². The van der Waals surface area contributed by atoms with Gasteiger partial charge in [0.15, 0.2) is 0 Å². The molecule has 0 unspecified atom stereocenters. The lowest BCUT2D eigenvalue weighted by molar-refractivity contribution is 0.0948. The van der Waals surface area contributed by atoms with Crippen molar-refractivity contribution in [3.63, 3.8) is 0 Å². The minimum Gasteiger partial charge on any atom is -0.312 e. The van der Waals surface area contributed by atoms with Gasteiger partial charge in [-0.05, 0) is 28.1 Å². The molecule has 27 heavy (non-hydrogen) atoms. The molecule has 0 amide bonds. The van der Waals surface area contributed by atoms with Crippen LogP contribution >= 0.6 is 23.5 Å². The summed E-state index contributed by atoms with van der Waals surface area (Å²) in [6, 6.07) is 8.05. The van der Waals surface area contributed by atoms with E-state index in [-0.39, 0.29) is 22.7 Å². The molecule has 0 aliphatic carbocycles. The third-order valence-electron chi connectivity index (χ3n) is 3.69. The van der Waals surface area contributed by atoms with Crippen molar-refractivity contribution in [2.45, 2.75) is 6.54 Å². The molecule has 0 saturated heterocycles. The highest BCUT2D eigenvalue weighted by Gasteiger charge is 2.19. The number of rotatable bonds is 7. The lowest BCUT2D eigenvalue weighted by atomic mass is 10.2. The molecule has 2 aromatic rings. The van der Waals surface area contributed by atoms with Crippen LogP contribution in [-0.2, 0) is 20.2 Å². The molecule has 0 bridgehead atoms. The van der Waals surface area contributed by atoms with Gasteiger partial charge in [-0.1, -0.05) is 30.4 Å². The first-order valence-corrected chi connectivity index (χ1v) is 10.3. The second-order valence-electron chi connectivity index (χ2n) is 5.35. The van der Waals surface area contributed by atoms with Gasteiger partial charge in [0.1, 0.15) is 0 Å². The van der Waals surface area contributed by atoms with E-state index >= 15 is 0 Å². The molecule has 0 radical (unpaired) electrons. The summed E-state index contributed by atoms with van der Waals surface area (Å²) in [4.78, 5) is 37.5. The van der Waals surface area contributed by atoms with E-state index in [4.69, 9.17) is 9.05 Å². The van der Waals surface area contributed by atoms with Crippen LogP contribution in [0.1, 0.15) is 10.4 Å². The van der Waals surface area contributed by atoms with Crippen molar-refractivity contribution in [1.82, 2.24) is 9.13 Å². The lowest BCUT2D eigenvalue weighted by Crippen LogP contribution is -2.43. The maximum atomic E-state index is 12.6. The Morgan fingerprint density at radius 3 is 2.37 bits per heavy atom. The molecule has 0 aliphatic rings. The number of nitrogens with zero attached hydrogens (tertiary/aromatic N) is 2. The highest BCUT2D eigenvalue weighted by molar-refractivity contribution is 9.10. The van der Waals surface area contributed by atoms with Gasteiger partial charge in [0, 0.05) is 32.5 Å². The molecule has 0 spiro atoms. The van der Waals surface area contributed by atoms with Crippen LogP contribution in [0.5, 0.6) is 0 Å². The van der Waals surface area contributed by atoms with E-state index < -0.39 is 24.8 Å². The van der Waals surface area contributed by atoms with Gasteiger partial charge in [0.25, 0.3) is 11.5 Å². The van der Waals surface area contributed by atoms with Crippen molar-refractivity contribution in [3.05, 3.63) is 79.6 Å². The molecule has 0 aliphatic heterocycles. The Labute approximate surface area is 163 Å². The first-order valence-electron chi connectivity index (χ1n) is 7.80. The Morgan fingerprint density at radius 2 is 1.78 bits per heavy atom. The molecule has 0 atom stereocenters. The zero-order valence-electron chi connectivity index (χ0n) is 14.7. The van der Waals surface area contributed by atoms with Crippen molar-refractivity contribution in [1.29, 1.82) is 0 Å². The molecule has 144 valence electrons. The molecule has 1 aromatic carbocycles. The lowest BCUT2D eigenvalue weighted by Gasteiger charge is -2.11. The quantitative estimate of drug-likeness (QED) is 0.469. The Kier molecular flexibility index (Phi) is 7.26. The standard InChI is InChI=1S/C17H18BrN2O6P/c1-25-27(24,26-2)11-7-6-10-19-12-14(18)16(22)20(17(19)23)15(21)13-8-4-3-5-9-13/h3-9,12H,10-11H2,1-2H3/b7-6-. The number of carbonyl (C=O) groups is 1. The Bertz CT molecular complexity index is 1000. The van der Waals surface area contributed by atoms with E-state index in [2.05, 4.69) is 15.9 Å². The summed E-state index contributed by atoms with van der Waals surface area (Å²) >= 11 is 3.08. The largest absolute Gasteiger partial charge is 0.338 e. The summed E-state index contributed by atoms with van der Waals surface area (Å²) in [7, 11) is -0.625. The van der Waals surface area contributed by atoms with Crippen LogP contribution in [0.4, 0.5) is 0 Å². The number of benzene rings is 1. The van der Waals surface area contributed by atoms with E-state index in [0.717, 1.165) is 0 Å². The molecule has 1 aromatic heterocycles. The molecule has 2 rings (SSSR count). The van der Waals surface area contributed by atoms with Gasteiger partial charge in [0.05, 0.1) is 10.6 Å². The zero-order chi connectivity index (χ0) is 20.0. The predicted octanol–water partition coefficient (Wildman–Crippen LogP) is 2.50. The van der Waals surface area contributed by atoms with Crippen molar-refractivity contribution in [2.75, 3.05) is 20.4 Å². The molecular formula is C17H18BrN2O6P. The SMILES string of the molecule is COP(=O)(C/C=C\Cn1cc(Br)c(=O)n(C(=O)c2ccccc2)c1=O)OC. The second kappa shape index (κ2) is 9.23. The third-order valence-corrected chi connectivity index (χ3v) is 6.01. The highest BCUT2D eigenvalue weighted by atomic mass is 79.9. The van der Waals surface area contributed by atoms with E-state index in [1.165, 1.54) is 37.1 Å². The maximum Gasteiger partial charge on any atom is 0.338 e. The summed E-state index contributed by atoms with van der Waals surface area (Å²) in [5, 5.41) is 0. The maximum absolute atomic E-state index is 12.6. The number of carbonyl (C=O) groups excluding carboxylic acids is 1. The first kappa shape index (κ1) is 21.2. The van der Waals surface area contributed by atoms with Crippen LogP contribution in [0.2, 0.25) is 0 Å². The fraction of sp³-hybridized carbons (Fsp3) is 0.235. The fourth-order valence-electron chi connectivity index (χ4n) is 2.20. The summed E-state index contributed by atoms with van der Waals surface area (Å²) in [5.41, 5.74) is -1.29. The van der Waals surface area contributed by atoms with Crippen LogP contribution in [0, 0.1) is 0 Å². The average molecular weight is 457 g/mol. The van der Waals surface area contributed by atoms with E-state index in [0.29, 0.717) is 4.57 Å². The topological polar surface area (TPSA) is 96.6 Å². The number of aromatic nitrogens is 2. The van der Waals surface area contributed by atoms with Gasteiger partial charge in [-0.3, -0.25) is 18.7 Å². The number of hydrogen-bond donors (Lipinski definition) is 0. The van der Waals surface area contributed by atoms with Crippen LogP contribution in [0.3, 0.4) is 0 Å². The summed E-state index contributed by atoms with van der Waals surface area (Å²) in [6.07, 6.45) is 4.44. The van der Waals surface area contributed by atoms with Crippen molar-refractivity contribution < 1.29 is 18.4 Å². The van der Waals surface area contributed by atoms with E-state index in [9.17, 15) is 18.9 Å². The molecule has 10 heteroatoms. The van der Waals surface area contributed by atoms with Crippen LogP contribution in [0.15, 0.2) is 62.7 Å². The van der Waals surface area contributed by atoms with E-state index in [1.807, 2.05) is 0 Å². The normalized spacial score (nSPS) is 11.8. The van der Waals surface area contributed by atoms with Crippen molar-refractivity contribution >= 4 is 29.4 Å². The van der Waals surface area contributed by atoms with E-state index in [1.54, 1.807) is 30.4 Å².